The fraction of sp³-hybridized carbons (Fsp3) is 0.400. The molecule has 1 radical (unpaired) electrons. The monoisotopic (exact) mass is 163 g/mol. The van der Waals surface area contributed by atoms with Crippen molar-refractivity contribution < 1.29 is 0 Å². The zero-order valence-electron chi connectivity index (χ0n) is 7.53. The van der Waals surface area contributed by atoms with Crippen LogP contribution in [0.5, 0.6) is 0 Å². The largest absolute Gasteiger partial charge is 0.301 e. The molecular weight excluding hydrogens is 148 g/mol. The molecular formula is C10H15N2. The highest BCUT2D eigenvalue weighted by atomic mass is 15.1. The predicted molar refractivity (Wildman–Crippen MR) is 50.5 cm³/mol. The maximum atomic E-state index is 4.24. The summed E-state index contributed by atoms with van der Waals surface area (Å²) in [5.74, 6) is 0. The van der Waals surface area contributed by atoms with Gasteiger partial charge in [0, 0.05) is 12.7 Å². The van der Waals surface area contributed by atoms with Crippen LogP contribution in [0.25, 0.3) is 0 Å². The Hall–Kier alpha value is -0.890. The highest BCUT2D eigenvalue weighted by Gasteiger charge is 1.97. The predicted octanol–water partition coefficient (Wildman–Crippen LogP) is 1.74. The molecule has 1 aromatic rings. The van der Waals surface area contributed by atoms with Crippen LogP contribution in [0.15, 0.2) is 24.4 Å². The molecule has 2 nitrogen and oxygen atoms in total. The maximum absolute atomic E-state index is 4.24. The van der Waals surface area contributed by atoms with Crippen molar-refractivity contribution in [1.29, 1.82) is 0 Å². The molecule has 1 heterocycles. The van der Waals surface area contributed by atoms with Gasteiger partial charge in [-0.15, -0.1) is 0 Å². The number of nitrogens with zero attached hydrogens (tertiary/aromatic N) is 2. The van der Waals surface area contributed by atoms with Crippen molar-refractivity contribution >= 4 is 0 Å². The smallest absolute Gasteiger partial charge is 0.0543 e. The van der Waals surface area contributed by atoms with E-state index < -0.39 is 0 Å². The first kappa shape index (κ1) is 9.20. The molecule has 1 aromatic heterocycles. The van der Waals surface area contributed by atoms with Crippen molar-refractivity contribution in [3.63, 3.8) is 0 Å². The van der Waals surface area contributed by atoms with Gasteiger partial charge in [-0.05, 0) is 32.1 Å². The van der Waals surface area contributed by atoms with E-state index in [4.69, 9.17) is 0 Å². The molecule has 0 N–H and O–H groups in total. The van der Waals surface area contributed by atoms with Crippen molar-refractivity contribution in [3.8, 4) is 0 Å². The van der Waals surface area contributed by atoms with E-state index in [0.29, 0.717) is 0 Å². The molecule has 0 bridgehead atoms. The van der Waals surface area contributed by atoms with E-state index in [-0.39, 0.29) is 0 Å². The van der Waals surface area contributed by atoms with Gasteiger partial charge in [0.2, 0.25) is 0 Å². The van der Waals surface area contributed by atoms with Gasteiger partial charge in [-0.3, -0.25) is 4.98 Å². The minimum atomic E-state index is 0.913. The van der Waals surface area contributed by atoms with Crippen molar-refractivity contribution in [2.24, 2.45) is 0 Å². The third-order valence-corrected chi connectivity index (χ3v) is 1.70. The van der Waals surface area contributed by atoms with E-state index in [1.54, 1.807) is 0 Å². The van der Waals surface area contributed by atoms with Crippen molar-refractivity contribution in [3.05, 3.63) is 37.0 Å². The maximum Gasteiger partial charge on any atom is 0.0543 e. The Bertz CT molecular complexity index is 208. The number of hydrogen-bond donors (Lipinski definition) is 0. The minimum Gasteiger partial charge on any atom is -0.301 e. The van der Waals surface area contributed by atoms with E-state index in [1.165, 1.54) is 0 Å². The van der Waals surface area contributed by atoms with Crippen LogP contribution in [0.3, 0.4) is 0 Å². The fourth-order valence-corrected chi connectivity index (χ4v) is 1.12. The minimum absolute atomic E-state index is 0.913. The van der Waals surface area contributed by atoms with Crippen LogP contribution in [0.1, 0.15) is 12.1 Å². The first-order valence-corrected chi connectivity index (χ1v) is 4.20. The van der Waals surface area contributed by atoms with Gasteiger partial charge in [0.05, 0.1) is 5.69 Å². The van der Waals surface area contributed by atoms with E-state index in [0.717, 1.165) is 25.2 Å². The molecule has 0 aliphatic heterocycles. The average Bonchev–Trinajstić information content (AvgIpc) is 2.06. The van der Waals surface area contributed by atoms with Crippen LogP contribution in [0.4, 0.5) is 0 Å². The first-order valence-electron chi connectivity index (χ1n) is 4.20. The third kappa shape index (κ3) is 3.01. The summed E-state index contributed by atoms with van der Waals surface area (Å²) in [5.41, 5.74) is 1.12. The zero-order valence-corrected chi connectivity index (χ0v) is 7.53. The van der Waals surface area contributed by atoms with E-state index in [9.17, 15) is 0 Å². The molecule has 0 atom stereocenters. The van der Waals surface area contributed by atoms with Crippen molar-refractivity contribution in [2.75, 3.05) is 13.6 Å². The molecule has 1 rings (SSSR count). The van der Waals surface area contributed by atoms with Gasteiger partial charge in [0.1, 0.15) is 0 Å². The molecule has 0 saturated heterocycles. The van der Waals surface area contributed by atoms with Crippen LogP contribution in [-0.2, 0) is 6.54 Å². The Kier molecular flexibility index (Phi) is 3.74. The van der Waals surface area contributed by atoms with E-state index in [1.807, 2.05) is 24.4 Å². The number of aromatic nitrogens is 1. The van der Waals surface area contributed by atoms with Gasteiger partial charge in [-0.1, -0.05) is 13.0 Å². The highest BCUT2D eigenvalue weighted by Crippen LogP contribution is 1.98. The first-order chi connectivity index (χ1) is 5.83. The summed E-state index contributed by atoms with van der Waals surface area (Å²) in [4.78, 5) is 6.46. The lowest BCUT2D eigenvalue weighted by molar-refractivity contribution is 0.329. The van der Waals surface area contributed by atoms with Crippen LogP contribution >= 0.6 is 0 Å². The Morgan fingerprint density at radius 2 is 2.33 bits per heavy atom. The summed E-state index contributed by atoms with van der Waals surface area (Å²) < 4.78 is 0. The molecule has 12 heavy (non-hydrogen) atoms. The number of hydrogen-bond acceptors (Lipinski definition) is 2. The second-order valence-electron chi connectivity index (χ2n) is 2.91. The SMILES string of the molecule is [CH2]CCN(C)Cc1ccccn1. The molecule has 0 unspecified atom stereocenters. The molecule has 0 spiro atoms. The second kappa shape index (κ2) is 4.88. The van der Waals surface area contributed by atoms with Crippen LogP contribution in [-0.4, -0.2) is 23.5 Å². The van der Waals surface area contributed by atoms with E-state index >= 15 is 0 Å². The van der Waals surface area contributed by atoms with Crippen LogP contribution in [0, 0.1) is 6.92 Å². The second-order valence-corrected chi connectivity index (χ2v) is 2.91. The quantitative estimate of drug-likeness (QED) is 0.672. The molecule has 0 fully saturated rings. The van der Waals surface area contributed by atoms with Gasteiger partial charge < -0.3 is 4.90 Å². The normalized spacial score (nSPS) is 10.6. The topological polar surface area (TPSA) is 16.1 Å². The molecule has 0 saturated carbocycles. The third-order valence-electron chi connectivity index (χ3n) is 1.70. The van der Waals surface area contributed by atoms with Gasteiger partial charge in [0.25, 0.3) is 0 Å². The van der Waals surface area contributed by atoms with Gasteiger partial charge >= 0.3 is 0 Å². The van der Waals surface area contributed by atoms with Crippen LogP contribution < -0.4 is 0 Å². The molecule has 0 aliphatic rings. The lowest BCUT2D eigenvalue weighted by Gasteiger charge is -2.14. The Morgan fingerprint density at radius 3 is 2.92 bits per heavy atom. The molecule has 0 aliphatic carbocycles. The molecule has 65 valence electrons. The standard InChI is InChI=1S/C10H15N2/c1-3-8-12(2)9-10-6-4-5-7-11-10/h4-7H,1,3,8-9H2,2H3. The molecule has 0 aromatic carbocycles. The Labute approximate surface area is 74.2 Å². The molecule has 0 amide bonds. The zero-order chi connectivity index (χ0) is 8.81. The summed E-state index contributed by atoms with van der Waals surface area (Å²) in [6.45, 7) is 5.74. The summed E-state index contributed by atoms with van der Waals surface area (Å²) in [6.07, 6.45) is 2.77. The Morgan fingerprint density at radius 1 is 1.50 bits per heavy atom. The lowest BCUT2D eigenvalue weighted by Crippen LogP contribution is -2.18. The molecule has 2 heteroatoms. The summed E-state index contributed by atoms with van der Waals surface area (Å²) in [5, 5.41) is 0. The summed E-state index contributed by atoms with van der Waals surface area (Å²) in [6, 6.07) is 5.99. The van der Waals surface area contributed by atoms with E-state index in [2.05, 4.69) is 23.9 Å². The van der Waals surface area contributed by atoms with Crippen molar-refractivity contribution in [1.82, 2.24) is 9.88 Å². The average molecular weight is 163 g/mol. The fourth-order valence-electron chi connectivity index (χ4n) is 1.12. The van der Waals surface area contributed by atoms with Crippen LogP contribution in [0.2, 0.25) is 0 Å². The highest BCUT2D eigenvalue weighted by molar-refractivity contribution is 5.02. The van der Waals surface area contributed by atoms with Gasteiger partial charge in [0.15, 0.2) is 0 Å². The Balaban J connectivity index is 2.41. The van der Waals surface area contributed by atoms with Gasteiger partial charge in [-0.25, -0.2) is 0 Å². The number of rotatable bonds is 4. The number of pyridine rings is 1. The summed E-state index contributed by atoms with van der Waals surface area (Å²) in [7, 11) is 2.08. The lowest BCUT2D eigenvalue weighted by atomic mass is 10.3. The van der Waals surface area contributed by atoms with Crippen molar-refractivity contribution in [2.45, 2.75) is 13.0 Å². The summed E-state index contributed by atoms with van der Waals surface area (Å²) >= 11 is 0. The van der Waals surface area contributed by atoms with Gasteiger partial charge in [-0.2, -0.15) is 0 Å².